The van der Waals surface area contributed by atoms with Crippen LogP contribution in [0.3, 0.4) is 0 Å². The predicted molar refractivity (Wildman–Crippen MR) is 127 cm³/mol. The Morgan fingerprint density at radius 3 is 2.39 bits per heavy atom. The first-order valence-corrected chi connectivity index (χ1v) is 10.8. The lowest BCUT2D eigenvalue weighted by Crippen LogP contribution is -2.10. The van der Waals surface area contributed by atoms with Gasteiger partial charge in [-0.1, -0.05) is 54.1 Å². The minimum absolute atomic E-state index is 0.130. The van der Waals surface area contributed by atoms with Crippen molar-refractivity contribution in [3.05, 3.63) is 94.0 Å². The van der Waals surface area contributed by atoms with Gasteiger partial charge in [0, 0.05) is 28.9 Å². The maximum Gasteiger partial charge on any atom is 0.306 e. The summed E-state index contributed by atoms with van der Waals surface area (Å²) in [5.74, 6) is -1.70. The maximum atomic E-state index is 12.9. The summed E-state index contributed by atoms with van der Waals surface area (Å²) in [5, 5.41) is 12.3. The van der Waals surface area contributed by atoms with Crippen LogP contribution in [0.5, 0.6) is 0 Å². The fraction of sp³-hybridized carbons (Fsp3) is 0.192. The molecule has 0 radical (unpaired) electrons. The van der Waals surface area contributed by atoms with E-state index in [1.807, 2.05) is 49.4 Å². The van der Waals surface area contributed by atoms with Crippen LogP contribution in [0.15, 0.2) is 66.7 Å². The molecule has 0 unspecified atom stereocenters. The topological polar surface area (TPSA) is 92.7 Å². The summed E-state index contributed by atoms with van der Waals surface area (Å²) < 4.78 is 5.13. The first kappa shape index (κ1) is 24.0. The van der Waals surface area contributed by atoms with Crippen LogP contribution in [0.2, 0.25) is 5.02 Å². The van der Waals surface area contributed by atoms with E-state index < -0.39 is 11.9 Å². The number of hydrogen-bond acceptors (Lipinski definition) is 5. The molecule has 0 fully saturated rings. The number of rotatable bonds is 10. The van der Waals surface area contributed by atoms with E-state index in [1.165, 1.54) is 0 Å². The third-order valence-corrected chi connectivity index (χ3v) is 5.39. The van der Waals surface area contributed by atoms with E-state index in [2.05, 4.69) is 5.32 Å². The minimum Gasteiger partial charge on any atom is -0.481 e. The van der Waals surface area contributed by atoms with Crippen LogP contribution in [-0.4, -0.2) is 29.4 Å². The Morgan fingerprint density at radius 1 is 0.939 bits per heavy atom. The second kappa shape index (κ2) is 11.3. The summed E-state index contributed by atoms with van der Waals surface area (Å²) in [5.41, 5.74) is 4.37. The predicted octanol–water partition coefficient (Wildman–Crippen LogP) is 5.57. The normalized spacial score (nSPS) is 10.5. The van der Waals surface area contributed by atoms with E-state index in [9.17, 15) is 14.4 Å². The number of aryl methyl sites for hydroxylation is 1. The molecule has 2 N–H and O–H groups in total. The lowest BCUT2D eigenvalue weighted by Gasteiger charge is -2.14. The molecule has 0 saturated heterocycles. The molecule has 3 aromatic carbocycles. The van der Waals surface area contributed by atoms with E-state index in [0.29, 0.717) is 28.3 Å². The van der Waals surface area contributed by atoms with Gasteiger partial charge in [0.1, 0.15) is 0 Å². The minimum atomic E-state index is -1.04. The molecule has 3 aromatic rings. The van der Waals surface area contributed by atoms with Gasteiger partial charge in [-0.3, -0.25) is 14.4 Å². The molecule has 0 spiro atoms. The Bertz CT molecular complexity index is 1170. The highest BCUT2D eigenvalue weighted by molar-refractivity contribution is 6.35. The zero-order chi connectivity index (χ0) is 23.8. The molecule has 0 atom stereocenters. The van der Waals surface area contributed by atoms with Crippen molar-refractivity contribution in [3.8, 4) is 0 Å². The Kier molecular flexibility index (Phi) is 8.22. The van der Waals surface area contributed by atoms with Gasteiger partial charge in [-0.25, -0.2) is 0 Å². The van der Waals surface area contributed by atoms with Crippen LogP contribution in [0.1, 0.15) is 39.9 Å². The van der Waals surface area contributed by atoms with Crippen LogP contribution in [0.4, 0.5) is 11.4 Å². The van der Waals surface area contributed by atoms with Crippen molar-refractivity contribution in [1.82, 2.24) is 0 Å². The van der Waals surface area contributed by atoms with Gasteiger partial charge in [0.25, 0.3) is 0 Å². The quantitative estimate of drug-likeness (QED) is 0.300. The number of halogens is 1. The number of carbonyl (C=O) groups excluding carboxylic acids is 2. The molecule has 0 aliphatic heterocycles. The number of esters is 1. The van der Waals surface area contributed by atoms with E-state index in [-0.39, 0.29) is 25.2 Å². The van der Waals surface area contributed by atoms with E-state index in [4.69, 9.17) is 21.4 Å². The molecular formula is C26H24ClNO5. The lowest BCUT2D eigenvalue weighted by atomic mass is 9.99. The largest absolute Gasteiger partial charge is 0.481 e. The van der Waals surface area contributed by atoms with Crippen molar-refractivity contribution in [2.45, 2.75) is 26.2 Å². The standard InChI is InChI=1S/C26H24ClNO5/c1-17-6-2-4-8-20(17)26(32)21-11-10-19(16-22(21)27)28-23-9-5-3-7-18(23)14-15-33-25(31)13-12-24(29)30/h2-11,16,28H,12-15H2,1H3,(H,29,30). The molecular weight excluding hydrogens is 442 g/mol. The number of carboxylic acid groups (broad SMARTS) is 1. The zero-order valence-electron chi connectivity index (χ0n) is 18.1. The number of ketones is 1. The van der Waals surface area contributed by atoms with Gasteiger partial charge in [0.15, 0.2) is 5.78 Å². The molecule has 33 heavy (non-hydrogen) atoms. The van der Waals surface area contributed by atoms with Crippen molar-refractivity contribution >= 4 is 40.7 Å². The number of hydrogen-bond donors (Lipinski definition) is 2. The summed E-state index contributed by atoms with van der Waals surface area (Å²) >= 11 is 6.44. The molecule has 170 valence electrons. The molecule has 6 nitrogen and oxygen atoms in total. The van der Waals surface area contributed by atoms with Crippen LogP contribution in [0, 0.1) is 6.92 Å². The number of para-hydroxylation sites is 1. The summed E-state index contributed by atoms with van der Waals surface area (Å²) in [6.07, 6.45) is 0.0565. The van der Waals surface area contributed by atoms with E-state index >= 15 is 0 Å². The summed E-state index contributed by atoms with van der Waals surface area (Å²) in [7, 11) is 0. The highest BCUT2D eigenvalue weighted by Gasteiger charge is 2.15. The summed E-state index contributed by atoms with van der Waals surface area (Å²) in [4.78, 5) is 35.1. The van der Waals surface area contributed by atoms with Gasteiger partial charge in [-0.2, -0.15) is 0 Å². The number of nitrogens with one attached hydrogen (secondary N) is 1. The fourth-order valence-corrected chi connectivity index (χ4v) is 3.59. The first-order valence-electron chi connectivity index (χ1n) is 10.5. The lowest BCUT2D eigenvalue weighted by molar-refractivity contribution is -0.147. The molecule has 3 rings (SSSR count). The maximum absolute atomic E-state index is 12.9. The number of benzene rings is 3. The Balaban J connectivity index is 1.67. The van der Waals surface area contributed by atoms with Crippen molar-refractivity contribution in [1.29, 1.82) is 0 Å². The second-order valence-corrected chi connectivity index (χ2v) is 7.89. The average Bonchev–Trinajstić information content (AvgIpc) is 2.79. The van der Waals surface area contributed by atoms with Gasteiger partial charge in [-0.15, -0.1) is 0 Å². The van der Waals surface area contributed by atoms with Crippen molar-refractivity contribution < 1.29 is 24.2 Å². The van der Waals surface area contributed by atoms with Crippen molar-refractivity contribution in [2.24, 2.45) is 0 Å². The van der Waals surface area contributed by atoms with Crippen LogP contribution < -0.4 is 5.32 Å². The Labute approximate surface area is 197 Å². The number of aliphatic carboxylic acids is 1. The first-order chi connectivity index (χ1) is 15.8. The average molecular weight is 466 g/mol. The number of ether oxygens (including phenoxy) is 1. The third-order valence-electron chi connectivity index (χ3n) is 5.08. The van der Waals surface area contributed by atoms with Crippen molar-refractivity contribution in [2.75, 3.05) is 11.9 Å². The van der Waals surface area contributed by atoms with Crippen LogP contribution >= 0.6 is 11.6 Å². The van der Waals surface area contributed by atoms with Crippen LogP contribution in [-0.2, 0) is 20.7 Å². The smallest absolute Gasteiger partial charge is 0.306 e. The Hall–Kier alpha value is -3.64. The molecule has 0 saturated carbocycles. The van der Waals surface area contributed by atoms with E-state index in [1.54, 1.807) is 24.3 Å². The summed E-state index contributed by atoms with van der Waals surface area (Å²) in [6.45, 7) is 2.03. The second-order valence-electron chi connectivity index (χ2n) is 7.49. The van der Waals surface area contributed by atoms with Gasteiger partial charge in [-0.05, 0) is 42.3 Å². The highest BCUT2D eigenvalue weighted by atomic mass is 35.5. The number of anilines is 2. The number of carboxylic acids is 1. The van der Waals surface area contributed by atoms with Gasteiger partial charge < -0.3 is 15.2 Å². The van der Waals surface area contributed by atoms with Crippen molar-refractivity contribution in [3.63, 3.8) is 0 Å². The van der Waals surface area contributed by atoms with Crippen LogP contribution in [0.25, 0.3) is 0 Å². The molecule has 0 aliphatic carbocycles. The Morgan fingerprint density at radius 2 is 1.67 bits per heavy atom. The molecule has 0 aliphatic rings. The SMILES string of the molecule is Cc1ccccc1C(=O)c1ccc(Nc2ccccc2CCOC(=O)CCC(=O)O)cc1Cl. The highest BCUT2D eigenvalue weighted by Crippen LogP contribution is 2.28. The third kappa shape index (κ3) is 6.67. The molecule has 0 amide bonds. The zero-order valence-corrected chi connectivity index (χ0v) is 18.9. The molecule has 0 heterocycles. The van der Waals surface area contributed by atoms with E-state index in [0.717, 1.165) is 16.8 Å². The molecule has 0 aromatic heterocycles. The number of carbonyl (C=O) groups is 3. The monoisotopic (exact) mass is 465 g/mol. The fourth-order valence-electron chi connectivity index (χ4n) is 3.32. The molecule has 0 bridgehead atoms. The summed E-state index contributed by atoms with van der Waals surface area (Å²) in [6, 6.07) is 20.1. The van der Waals surface area contributed by atoms with Gasteiger partial charge >= 0.3 is 11.9 Å². The van der Waals surface area contributed by atoms with Gasteiger partial charge in [0.2, 0.25) is 0 Å². The molecule has 7 heteroatoms. The van der Waals surface area contributed by atoms with Gasteiger partial charge in [0.05, 0.1) is 24.5 Å².